The molecule has 0 spiro atoms. The molecular formula is C17H17FN2O3. The number of nitrogens with one attached hydrogen (secondary N) is 1. The van der Waals surface area contributed by atoms with Crippen LogP contribution in [-0.2, 0) is 16.2 Å². The zero-order valence-corrected chi connectivity index (χ0v) is 12.9. The van der Waals surface area contributed by atoms with Crippen LogP contribution in [0, 0.1) is 12.7 Å². The SMILES string of the molecule is Cc1ccc(CNC(=O)C2(C)CC(c3cccc(F)c3)=NO2)o1. The van der Waals surface area contributed by atoms with E-state index in [0.29, 0.717) is 17.0 Å². The van der Waals surface area contributed by atoms with Gasteiger partial charge in [0.25, 0.3) is 5.91 Å². The summed E-state index contributed by atoms with van der Waals surface area (Å²) in [5, 5.41) is 6.72. The fourth-order valence-electron chi connectivity index (χ4n) is 2.42. The molecule has 1 aromatic heterocycles. The van der Waals surface area contributed by atoms with E-state index in [-0.39, 0.29) is 24.7 Å². The van der Waals surface area contributed by atoms with Gasteiger partial charge in [-0.15, -0.1) is 0 Å². The Labute approximate surface area is 133 Å². The molecule has 0 radical (unpaired) electrons. The highest BCUT2D eigenvalue weighted by Crippen LogP contribution is 2.27. The van der Waals surface area contributed by atoms with Crippen molar-refractivity contribution in [2.75, 3.05) is 0 Å². The molecule has 0 saturated heterocycles. The van der Waals surface area contributed by atoms with Gasteiger partial charge < -0.3 is 14.6 Å². The molecule has 1 unspecified atom stereocenters. The van der Waals surface area contributed by atoms with Gasteiger partial charge in [-0.05, 0) is 38.1 Å². The van der Waals surface area contributed by atoms with Gasteiger partial charge in [-0.2, -0.15) is 0 Å². The molecule has 120 valence electrons. The van der Waals surface area contributed by atoms with Gasteiger partial charge >= 0.3 is 0 Å². The van der Waals surface area contributed by atoms with Gasteiger partial charge in [0.2, 0.25) is 5.60 Å². The van der Waals surface area contributed by atoms with E-state index in [2.05, 4.69) is 10.5 Å². The number of halogens is 1. The van der Waals surface area contributed by atoms with Crippen LogP contribution in [0.3, 0.4) is 0 Å². The lowest BCUT2D eigenvalue weighted by Gasteiger charge is -2.20. The number of hydrogen-bond donors (Lipinski definition) is 1. The van der Waals surface area contributed by atoms with E-state index in [0.717, 1.165) is 5.76 Å². The summed E-state index contributed by atoms with van der Waals surface area (Å²) in [4.78, 5) is 17.7. The summed E-state index contributed by atoms with van der Waals surface area (Å²) in [6.45, 7) is 3.78. The van der Waals surface area contributed by atoms with Gasteiger partial charge in [0.05, 0.1) is 12.3 Å². The second kappa shape index (κ2) is 5.87. The third-order valence-electron chi connectivity index (χ3n) is 3.72. The fraction of sp³-hybridized carbons (Fsp3) is 0.294. The molecule has 0 saturated carbocycles. The minimum absolute atomic E-state index is 0.277. The number of amides is 1. The first-order valence-electron chi connectivity index (χ1n) is 7.31. The lowest BCUT2D eigenvalue weighted by atomic mass is 9.95. The predicted molar refractivity (Wildman–Crippen MR) is 82.3 cm³/mol. The van der Waals surface area contributed by atoms with Gasteiger partial charge in [-0.1, -0.05) is 17.3 Å². The zero-order valence-electron chi connectivity index (χ0n) is 12.9. The summed E-state index contributed by atoms with van der Waals surface area (Å²) in [6, 6.07) is 9.71. The molecule has 0 fully saturated rings. The molecule has 5 nitrogen and oxygen atoms in total. The van der Waals surface area contributed by atoms with Crippen molar-refractivity contribution in [1.29, 1.82) is 0 Å². The molecule has 1 amide bonds. The Morgan fingerprint density at radius 2 is 2.22 bits per heavy atom. The van der Waals surface area contributed by atoms with Crippen molar-refractivity contribution < 1.29 is 18.4 Å². The predicted octanol–water partition coefficient (Wildman–Crippen LogP) is 2.93. The highest BCUT2D eigenvalue weighted by molar-refractivity contribution is 6.05. The van der Waals surface area contributed by atoms with Crippen LogP contribution in [0.25, 0.3) is 0 Å². The third kappa shape index (κ3) is 3.26. The van der Waals surface area contributed by atoms with Crippen molar-refractivity contribution in [2.45, 2.75) is 32.4 Å². The van der Waals surface area contributed by atoms with Crippen LogP contribution >= 0.6 is 0 Å². The van der Waals surface area contributed by atoms with Gasteiger partial charge in [-0.3, -0.25) is 4.79 Å². The molecule has 1 aliphatic heterocycles. The van der Waals surface area contributed by atoms with E-state index in [1.54, 1.807) is 19.1 Å². The van der Waals surface area contributed by atoms with Crippen LogP contribution in [0.5, 0.6) is 0 Å². The van der Waals surface area contributed by atoms with Crippen molar-refractivity contribution in [3.8, 4) is 0 Å². The van der Waals surface area contributed by atoms with E-state index in [1.165, 1.54) is 12.1 Å². The Kier molecular flexibility index (Phi) is 3.90. The van der Waals surface area contributed by atoms with Crippen LogP contribution in [0.4, 0.5) is 4.39 Å². The smallest absolute Gasteiger partial charge is 0.267 e. The average Bonchev–Trinajstić information content (AvgIpc) is 3.12. The number of aryl methyl sites for hydroxylation is 1. The van der Waals surface area contributed by atoms with Gasteiger partial charge in [0.15, 0.2) is 0 Å². The molecule has 2 aromatic rings. The number of furan rings is 1. The molecular weight excluding hydrogens is 299 g/mol. The summed E-state index contributed by atoms with van der Waals surface area (Å²) in [6.07, 6.45) is 0.277. The van der Waals surface area contributed by atoms with E-state index < -0.39 is 5.60 Å². The Hall–Kier alpha value is -2.63. The highest BCUT2D eigenvalue weighted by atomic mass is 19.1. The van der Waals surface area contributed by atoms with Crippen molar-refractivity contribution in [3.63, 3.8) is 0 Å². The first kappa shape index (κ1) is 15.3. The summed E-state index contributed by atoms with van der Waals surface area (Å²) >= 11 is 0. The summed E-state index contributed by atoms with van der Waals surface area (Å²) in [5.74, 6) is 0.816. The second-order valence-electron chi connectivity index (χ2n) is 5.74. The van der Waals surface area contributed by atoms with Crippen LogP contribution in [0.15, 0.2) is 46.0 Å². The maximum Gasteiger partial charge on any atom is 0.267 e. The Bertz CT molecular complexity index is 769. The number of nitrogens with zero attached hydrogens (tertiary/aromatic N) is 1. The molecule has 3 rings (SSSR count). The lowest BCUT2D eigenvalue weighted by Crippen LogP contribution is -2.44. The first-order valence-corrected chi connectivity index (χ1v) is 7.31. The molecule has 0 aliphatic carbocycles. The molecule has 1 N–H and O–H groups in total. The minimum Gasteiger partial charge on any atom is -0.465 e. The maximum absolute atomic E-state index is 13.3. The summed E-state index contributed by atoms with van der Waals surface area (Å²) in [5.41, 5.74) is 0.0581. The average molecular weight is 316 g/mol. The standard InChI is InChI=1S/C17H17FN2O3/c1-11-6-7-14(22-11)10-19-16(21)17(2)9-15(20-23-17)12-4-3-5-13(18)8-12/h3-8H,9-10H2,1-2H3,(H,19,21). The van der Waals surface area contributed by atoms with E-state index >= 15 is 0 Å². The molecule has 6 heteroatoms. The highest BCUT2D eigenvalue weighted by Gasteiger charge is 2.42. The van der Waals surface area contributed by atoms with Crippen molar-refractivity contribution in [3.05, 3.63) is 59.3 Å². The zero-order chi connectivity index (χ0) is 16.4. The summed E-state index contributed by atoms with van der Waals surface area (Å²) < 4.78 is 18.7. The van der Waals surface area contributed by atoms with Crippen molar-refractivity contribution in [1.82, 2.24) is 5.32 Å². The van der Waals surface area contributed by atoms with E-state index in [1.807, 2.05) is 19.1 Å². The summed E-state index contributed by atoms with van der Waals surface area (Å²) in [7, 11) is 0. The van der Waals surface area contributed by atoms with Crippen LogP contribution in [0.2, 0.25) is 0 Å². The van der Waals surface area contributed by atoms with Gasteiger partial charge in [-0.25, -0.2) is 4.39 Å². The largest absolute Gasteiger partial charge is 0.465 e. The van der Waals surface area contributed by atoms with Crippen LogP contribution in [0.1, 0.15) is 30.4 Å². The van der Waals surface area contributed by atoms with Gasteiger partial charge in [0, 0.05) is 12.0 Å². The second-order valence-corrected chi connectivity index (χ2v) is 5.74. The van der Waals surface area contributed by atoms with Crippen molar-refractivity contribution >= 4 is 11.6 Å². The minimum atomic E-state index is -1.11. The number of rotatable bonds is 4. The normalized spacial score (nSPS) is 20.0. The molecule has 1 aliphatic rings. The van der Waals surface area contributed by atoms with Crippen LogP contribution < -0.4 is 5.32 Å². The quantitative estimate of drug-likeness (QED) is 0.943. The fourth-order valence-corrected chi connectivity index (χ4v) is 2.42. The van der Waals surface area contributed by atoms with E-state index in [4.69, 9.17) is 9.25 Å². The number of carbonyl (C=O) groups is 1. The van der Waals surface area contributed by atoms with Gasteiger partial charge in [0.1, 0.15) is 17.3 Å². The molecule has 2 heterocycles. The molecule has 0 bridgehead atoms. The lowest BCUT2D eigenvalue weighted by molar-refractivity contribution is -0.142. The third-order valence-corrected chi connectivity index (χ3v) is 3.72. The number of oxime groups is 1. The number of hydrogen-bond acceptors (Lipinski definition) is 4. The van der Waals surface area contributed by atoms with E-state index in [9.17, 15) is 9.18 Å². The maximum atomic E-state index is 13.3. The number of benzene rings is 1. The monoisotopic (exact) mass is 316 g/mol. The molecule has 1 atom stereocenters. The topological polar surface area (TPSA) is 63.8 Å². The Morgan fingerprint density at radius 3 is 2.91 bits per heavy atom. The first-order chi connectivity index (χ1) is 11.0. The Balaban J connectivity index is 1.63. The number of carbonyl (C=O) groups excluding carboxylic acids is 1. The molecule has 23 heavy (non-hydrogen) atoms. The Morgan fingerprint density at radius 1 is 1.39 bits per heavy atom. The van der Waals surface area contributed by atoms with Crippen molar-refractivity contribution in [2.24, 2.45) is 5.16 Å². The molecule has 1 aromatic carbocycles. The van der Waals surface area contributed by atoms with Crippen LogP contribution in [-0.4, -0.2) is 17.2 Å².